The van der Waals surface area contributed by atoms with Gasteiger partial charge in [-0.3, -0.25) is 9.78 Å². The average molecular weight is 281 g/mol. The number of carbonyl (C=O) groups excluding carboxylic acids is 1. The van der Waals surface area contributed by atoms with Gasteiger partial charge in [0.1, 0.15) is 12.9 Å². The Morgan fingerprint density at radius 1 is 1.14 bits per heavy atom. The highest BCUT2D eigenvalue weighted by molar-refractivity contribution is 5.84. The molecule has 2 aromatic carbocycles. The Morgan fingerprint density at radius 2 is 2.00 bits per heavy atom. The molecule has 0 bridgehead atoms. The first-order chi connectivity index (χ1) is 10.3. The molecule has 0 saturated heterocycles. The van der Waals surface area contributed by atoms with Crippen LogP contribution in [0.3, 0.4) is 0 Å². The highest BCUT2D eigenvalue weighted by atomic mass is 19.1. The van der Waals surface area contributed by atoms with E-state index >= 15 is 0 Å². The molecule has 1 heterocycles. The third-order valence-corrected chi connectivity index (χ3v) is 3.23. The van der Waals surface area contributed by atoms with Gasteiger partial charge in [0.15, 0.2) is 11.6 Å². The molecule has 3 aromatic rings. The van der Waals surface area contributed by atoms with Crippen LogP contribution in [0.15, 0.2) is 54.9 Å². The summed E-state index contributed by atoms with van der Waals surface area (Å²) in [5.41, 5.74) is 1.24. The van der Waals surface area contributed by atoms with Crippen LogP contribution < -0.4 is 4.74 Å². The van der Waals surface area contributed by atoms with Gasteiger partial charge in [0, 0.05) is 28.9 Å². The van der Waals surface area contributed by atoms with E-state index in [9.17, 15) is 9.18 Å². The molecule has 0 aliphatic rings. The smallest absolute Gasteiger partial charge is 0.165 e. The van der Waals surface area contributed by atoms with Crippen LogP contribution in [0.25, 0.3) is 10.8 Å². The molecule has 0 aliphatic heterocycles. The van der Waals surface area contributed by atoms with E-state index in [0.717, 1.165) is 16.3 Å². The summed E-state index contributed by atoms with van der Waals surface area (Å²) in [4.78, 5) is 14.9. The summed E-state index contributed by atoms with van der Waals surface area (Å²) in [6.07, 6.45) is 4.13. The summed E-state index contributed by atoms with van der Waals surface area (Å²) < 4.78 is 19.2. The van der Waals surface area contributed by atoms with Crippen LogP contribution in [0, 0.1) is 5.82 Å². The molecule has 0 unspecified atom stereocenters. The van der Waals surface area contributed by atoms with E-state index in [2.05, 4.69) is 4.98 Å². The standard InChI is InChI=1S/C17H12FNO2/c18-16-6-5-12(10-20)7-17(16)21-11-14-9-19-8-13-3-1-2-4-15(13)14/h1-10H,11H2. The van der Waals surface area contributed by atoms with Crippen molar-refractivity contribution in [2.75, 3.05) is 0 Å². The predicted octanol–water partition coefficient (Wildman–Crippen LogP) is 3.77. The Hall–Kier alpha value is -2.75. The third kappa shape index (κ3) is 2.74. The quantitative estimate of drug-likeness (QED) is 0.683. The van der Waals surface area contributed by atoms with Crippen LogP contribution in [0.2, 0.25) is 0 Å². The highest BCUT2D eigenvalue weighted by Gasteiger charge is 2.07. The summed E-state index contributed by atoms with van der Waals surface area (Å²) in [5.74, 6) is -0.429. The third-order valence-electron chi connectivity index (χ3n) is 3.23. The first-order valence-corrected chi connectivity index (χ1v) is 6.47. The fraction of sp³-hybridized carbons (Fsp3) is 0.0588. The van der Waals surface area contributed by atoms with Crippen LogP contribution in [0.1, 0.15) is 15.9 Å². The normalized spacial score (nSPS) is 10.5. The second kappa shape index (κ2) is 5.71. The monoisotopic (exact) mass is 281 g/mol. The van der Waals surface area contributed by atoms with Crippen LogP contribution in [0.4, 0.5) is 4.39 Å². The number of aromatic nitrogens is 1. The van der Waals surface area contributed by atoms with E-state index < -0.39 is 5.82 Å². The molecular weight excluding hydrogens is 269 g/mol. The lowest BCUT2D eigenvalue weighted by Gasteiger charge is -2.09. The van der Waals surface area contributed by atoms with E-state index in [4.69, 9.17) is 4.74 Å². The van der Waals surface area contributed by atoms with Crippen molar-refractivity contribution in [2.45, 2.75) is 6.61 Å². The lowest BCUT2D eigenvalue weighted by molar-refractivity contribution is 0.112. The topological polar surface area (TPSA) is 39.2 Å². The van der Waals surface area contributed by atoms with Crippen LogP contribution in [0.5, 0.6) is 5.75 Å². The molecule has 1 aromatic heterocycles. The first kappa shape index (κ1) is 13.2. The van der Waals surface area contributed by atoms with Crippen molar-refractivity contribution in [1.29, 1.82) is 0 Å². The van der Waals surface area contributed by atoms with Gasteiger partial charge < -0.3 is 4.74 Å². The van der Waals surface area contributed by atoms with Crippen LogP contribution in [-0.4, -0.2) is 11.3 Å². The van der Waals surface area contributed by atoms with Gasteiger partial charge in [-0.05, 0) is 23.6 Å². The number of aldehydes is 1. The molecule has 0 spiro atoms. The lowest BCUT2D eigenvalue weighted by Crippen LogP contribution is -1.99. The van der Waals surface area contributed by atoms with Crippen LogP contribution >= 0.6 is 0 Å². The van der Waals surface area contributed by atoms with E-state index in [-0.39, 0.29) is 12.4 Å². The second-order valence-electron chi connectivity index (χ2n) is 4.62. The molecule has 0 fully saturated rings. The second-order valence-corrected chi connectivity index (χ2v) is 4.62. The minimum atomic E-state index is -0.492. The van der Waals surface area contributed by atoms with Gasteiger partial charge >= 0.3 is 0 Å². The maximum absolute atomic E-state index is 13.7. The van der Waals surface area contributed by atoms with Gasteiger partial charge in [-0.25, -0.2) is 4.39 Å². The number of carbonyl (C=O) groups is 1. The predicted molar refractivity (Wildman–Crippen MR) is 77.9 cm³/mol. The molecule has 4 heteroatoms. The van der Waals surface area contributed by atoms with E-state index in [1.54, 1.807) is 12.4 Å². The van der Waals surface area contributed by atoms with Crippen molar-refractivity contribution in [3.8, 4) is 5.75 Å². The number of nitrogens with zero attached hydrogens (tertiary/aromatic N) is 1. The highest BCUT2D eigenvalue weighted by Crippen LogP contribution is 2.22. The SMILES string of the molecule is O=Cc1ccc(F)c(OCc2cncc3ccccc23)c1. The minimum Gasteiger partial charge on any atom is -0.486 e. The van der Waals surface area contributed by atoms with Crippen LogP contribution in [-0.2, 0) is 6.61 Å². The number of hydrogen-bond donors (Lipinski definition) is 0. The molecule has 3 rings (SSSR count). The number of pyridine rings is 1. The summed E-state index contributed by atoms with van der Waals surface area (Å²) in [6.45, 7) is 0.188. The minimum absolute atomic E-state index is 0.0625. The zero-order valence-electron chi connectivity index (χ0n) is 11.1. The van der Waals surface area contributed by atoms with Crippen molar-refractivity contribution in [3.63, 3.8) is 0 Å². The number of hydrogen-bond acceptors (Lipinski definition) is 3. The summed E-state index contributed by atoms with van der Waals surface area (Å²) in [5, 5.41) is 2.01. The molecule has 3 nitrogen and oxygen atoms in total. The molecule has 0 N–H and O–H groups in total. The summed E-state index contributed by atoms with van der Waals surface area (Å²) in [6, 6.07) is 11.8. The fourth-order valence-corrected chi connectivity index (χ4v) is 2.15. The van der Waals surface area contributed by atoms with Gasteiger partial charge in [-0.15, -0.1) is 0 Å². The van der Waals surface area contributed by atoms with Gasteiger partial charge in [0.25, 0.3) is 0 Å². The van der Waals surface area contributed by atoms with Crippen molar-refractivity contribution in [1.82, 2.24) is 4.98 Å². The van der Waals surface area contributed by atoms with E-state index in [1.165, 1.54) is 18.2 Å². The van der Waals surface area contributed by atoms with Crippen molar-refractivity contribution >= 4 is 17.1 Å². The number of rotatable bonds is 4. The molecular formula is C17H12FNO2. The van der Waals surface area contributed by atoms with Gasteiger partial charge in [-0.1, -0.05) is 24.3 Å². The van der Waals surface area contributed by atoms with Gasteiger partial charge in [0.2, 0.25) is 0 Å². The molecule has 0 radical (unpaired) electrons. The molecule has 0 saturated carbocycles. The average Bonchev–Trinajstić information content (AvgIpc) is 2.54. The Bertz CT molecular complexity index is 796. The Balaban J connectivity index is 1.88. The molecule has 104 valence electrons. The molecule has 0 atom stereocenters. The number of ether oxygens (including phenoxy) is 1. The lowest BCUT2D eigenvalue weighted by atomic mass is 10.1. The van der Waals surface area contributed by atoms with Gasteiger partial charge in [0.05, 0.1) is 0 Å². The van der Waals surface area contributed by atoms with Crippen molar-refractivity contribution in [3.05, 3.63) is 71.8 Å². The van der Waals surface area contributed by atoms with Crippen molar-refractivity contribution < 1.29 is 13.9 Å². The maximum atomic E-state index is 13.7. The number of fused-ring (bicyclic) bond motifs is 1. The zero-order valence-corrected chi connectivity index (χ0v) is 11.1. The van der Waals surface area contributed by atoms with Crippen molar-refractivity contribution in [2.24, 2.45) is 0 Å². The summed E-state index contributed by atoms with van der Waals surface area (Å²) in [7, 11) is 0. The Morgan fingerprint density at radius 3 is 2.86 bits per heavy atom. The molecule has 21 heavy (non-hydrogen) atoms. The maximum Gasteiger partial charge on any atom is 0.165 e. The largest absolute Gasteiger partial charge is 0.486 e. The Kier molecular flexibility index (Phi) is 3.60. The van der Waals surface area contributed by atoms with Gasteiger partial charge in [-0.2, -0.15) is 0 Å². The Labute approximate surface area is 121 Å². The summed E-state index contributed by atoms with van der Waals surface area (Å²) >= 11 is 0. The molecule has 0 aliphatic carbocycles. The zero-order chi connectivity index (χ0) is 14.7. The molecule has 0 amide bonds. The van der Waals surface area contributed by atoms with E-state index in [0.29, 0.717) is 11.8 Å². The number of benzene rings is 2. The number of halogens is 1. The van der Waals surface area contributed by atoms with E-state index in [1.807, 2.05) is 24.3 Å². The first-order valence-electron chi connectivity index (χ1n) is 6.47. The fourth-order valence-electron chi connectivity index (χ4n) is 2.15.